The summed E-state index contributed by atoms with van der Waals surface area (Å²) in [5.41, 5.74) is 19.7. The SMILES string of the molecule is c1ccc(-c2sc3c4ccccc4c4ccc(-c5ccc(N(c6ccccc6)c6ccc7c(c6)C6(c8ccccc8-c8ccccc86)c6ccccc6-7)cc5)cc4c3c2-c2ccccc2)cc1. The topological polar surface area (TPSA) is 3.24 Å². The first kappa shape index (κ1) is 38.0. The van der Waals surface area contributed by atoms with Crippen molar-refractivity contribution in [2.45, 2.75) is 5.41 Å². The molecule has 0 atom stereocenters. The third-order valence-corrected chi connectivity index (χ3v) is 15.7. The summed E-state index contributed by atoms with van der Waals surface area (Å²) in [7, 11) is 0. The fraction of sp³-hybridized carbons (Fsp3) is 0.0154. The summed E-state index contributed by atoms with van der Waals surface area (Å²) in [5, 5.41) is 6.46. The molecule has 14 rings (SSSR count). The van der Waals surface area contributed by atoms with Gasteiger partial charge in [0.05, 0.1) is 5.41 Å². The Balaban J connectivity index is 0.937. The molecule has 0 N–H and O–H groups in total. The zero-order valence-electron chi connectivity index (χ0n) is 36.5. The van der Waals surface area contributed by atoms with Gasteiger partial charge in [0.2, 0.25) is 0 Å². The van der Waals surface area contributed by atoms with E-state index in [9.17, 15) is 0 Å². The zero-order chi connectivity index (χ0) is 44.1. The number of fused-ring (bicyclic) bond motifs is 16. The van der Waals surface area contributed by atoms with Crippen molar-refractivity contribution in [1.82, 2.24) is 0 Å². The molecule has 0 saturated carbocycles. The molecule has 1 aromatic heterocycles. The van der Waals surface area contributed by atoms with Gasteiger partial charge in [-0.05, 0) is 125 Å². The van der Waals surface area contributed by atoms with Gasteiger partial charge in [0, 0.05) is 43.0 Å². The molecule has 11 aromatic carbocycles. The minimum absolute atomic E-state index is 0.418. The molecule has 2 aliphatic rings. The maximum atomic E-state index is 2.48. The normalized spacial score (nSPS) is 12.9. The molecule has 0 bridgehead atoms. The Morgan fingerprint density at radius 2 is 0.776 bits per heavy atom. The number of anilines is 3. The Bertz CT molecular complexity index is 3840. The van der Waals surface area contributed by atoms with E-state index < -0.39 is 5.41 Å². The molecule has 0 unspecified atom stereocenters. The van der Waals surface area contributed by atoms with Crippen LogP contribution >= 0.6 is 11.3 Å². The highest BCUT2D eigenvalue weighted by Gasteiger charge is 2.51. The van der Waals surface area contributed by atoms with Crippen molar-refractivity contribution in [3.8, 4) is 54.9 Å². The highest BCUT2D eigenvalue weighted by molar-refractivity contribution is 7.24. The summed E-state index contributed by atoms with van der Waals surface area (Å²) in [4.78, 5) is 3.73. The fourth-order valence-electron chi connectivity index (χ4n) is 11.7. The Hall–Kier alpha value is -8.30. The lowest BCUT2D eigenvalue weighted by atomic mass is 9.70. The van der Waals surface area contributed by atoms with E-state index >= 15 is 0 Å². The van der Waals surface area contributed by atoms with E-state index in [1.807, 2.05) is 11.3 Å². The minimum atomic E-state index is -0.418. The first-order valence-electron chi connectivity index (χ1n) is 23.2. The van der Waals surface area contributed by atoms with E-state index in [2.05, 4.69) is 254 Å². The Morgan fingerprint density at radius 3 is 1.42 bits per heavy atom. The van der Waals surface area contributed by atoms with Crippen LogP contribution in [0.1, 0.15) is 22.3 Å². The Labute approximate surface area is 394 Å². The molecular formula is C65H41NS. The molecule has 1 heterocycles. The third-order valence-electron chi connectivity index (χ3n) is 14.5. The summed E-state index contributed by atoms with van der Waals surface area (Å²) >= 11 is 1.92. The number of benzene rings is 11. The molecule has 1 nitrogen and oxygen atoms in total. The second-order valence-electron chi connectivity index (χ2n) is 17.9. The standard InChI is InChI=1S/C65H41NS/c1-4-18-43(19-5-1)61-62-56-40-45(34-38-50(56)49-24-10-11-28-55(49)64(62)67-63(61)44-20-6-2-7-21-44)42-32-35-47(36-33-42)66(46-22-8-3-9-23-46)48-37-39-54-53-27-14-17-31-59(53)65(60(54)41-48)57-29-15-12-25-51(57)52-26-13-16-30-58(52)65/h1-41H. The van der Waals surface area contributed by atoms with Gasteiger partial charge in [0.25, 0.3) is 0 Å². The molecule has 0 aliphatic heterocycles. The van der Waals surface area contributed by atoms with Crippen LogP contribution in [0.25, 0.3) is 86.6 Å². The summed E-state index contributed by atoms with van der Waals surface area (Å²) in [6, 6.07) is 92.3. The van der Waals surface area contributed by atoms with Crippen LogP contribution in [0.15, 0.2) is 249 Å². The molecule has 67 heavy (non-hydrogen) atoms. The number of hydrogen-bond acceptors (Lipinski definition) is 2. The molecule has 0 amide bonds. The second kappa shape index (κ2) is 14.9. The molecule has 2 aliphatic carbocycles. The summed E-state index contributed by atoms with van der Waals surface area (Å²) < 4.78 is 1.33. The summed E-state index contributed by atoms with van der Waals surface area (Å²) in [6.45, 7) is 0. The summed E-state index contributed by atoms with van der Waals surface area (Å²) in [5.74, 6) is 0. The average molecular weight is 868 g/mol. The molecule has 312 valence electrons. The zero-order valence-corrected chi connectivity index (χ0v) is 37.3. The van der Waals surface area contributed by atoms with E-state index in [1.165, 1.54) is 109 Å². The van der Waals surface area contributed by atoms with Gasteiger partial charge in [0.15, 0.2) is 0 Å². The number of thiophene rings is 1. The van der Waals surface area contributed by atoms with Gasteiger partial charge in [-0.25, -0.2) is 0 Å². The number of rotatable bonds is 6. The number of nitrogens with zero attached hydrogens (tertiary/aromatic N) is 1. The first-order valence-corrected chi connectivity index (χ1v) is 24.0. The Kier molecular flexibility index (Phi) is 8.44. The van der Waals surface area contributed by atoms with E-state index in [0.717, 1.165) is 17.1 Å². The van der Waals surface area contributed by atoms with E-state index in [1.54, 1.807) is 0 Å². The maximum Gasteiger partial charge on any atom is 0.0726 e. The van der Waals surface area contributed by atoms with Crippen molar-refractivity contribution < 1.29 is 0 Å². The van der Waals surface area contributed by atoms with Gasteiger partial charge in [-0.1, -0.05) is 206 Å². The molecule has 0 fully saturated rings. The van der Waals surface area contributed by atoms with Gasteiger partial charge >= 0.3 is 0 Å². The van der Waals surface area contributed by atoms with Crippen molar-refractivity contribution in [2.24, 2.45) is 0 Å². The second-order valence-corrected chi connectivity index (χ2v) is 18.9. The lowest BCUT2D eigenvalue weighted by Crippen LogP contribution is -2.26. The van der Waals surface area contributed by atoms with Crippen LogP contribution in [0.3, 0.4) is 0 Å². The number of hydrogen-bond donors (Lipinski definition) is 0. The van der Waals surface area contributed by atoms with Crippen molar-refractivity contribution in [1.29, 1.82) is 0 Å². The highest BCUT2D eigenvalue weighted by atomic mass is 32.1. The number of para-hydroxylation sites is 1. The quantitative estimate of drug-likeness (QED) is 0.151. The van der Waals surface area contributed by atoms with Crippen LogP contribution in [0.2, 0.25) is 0 Å². The largest absolute Gasteiger partial charge is 0.310 e. The average Bonchev–Trinajstić information content (AvgIpc) is 4.05. The molecule has 12 aromatic rings. The highest BCUT2D eigenvalue weighted by Crippen LogP contribution is 2.63. The Morgan fingerprint density at radius 1 is 0.299 bits per heavy atom. The van der Waals surface area contributed by atoms with Gasteiger partial charge < -0.3 is 4.90 Å². The van der Waals surface area contributed by atoms with Crippen LogP contribution in [0.4, 0.5) is 17.1 Å². The summed E-state index contributed by atoms with van der Waals surface area (Å²) in [6.07, 6.45) is 0. The van der Waals surface area contributed by atoms with E-state index in [4.69, 9.17) is 0 Å². The van der Waals surface area contributed by atoms with Crippen LogP contribution in [-0.4, -0.2) is 0 Å². The monoisotopic (exact) mass is 867 g/mol. The van der Waals surface area contributed by atoms with Gasteiger partial charge in [-0.2, -0.15) is 0 Å². The predicted octanol–water partition coefficient (Wildman–Crippen LogP) is 18.0. The van der Waals surface area contributed by atoms with Crippen LogP contribution in [-0.2, 0) is 5.41 Å². The van der Waals surface area contributed by atoms with Crippen molar-refractivity contribution in [3.63, 3.8) is 0 Å². The first-order chi connectivity index (χ1) is 33.3. The van der Waals surface area contributed by atoms with Crippen LogP contribution in [0, 0.1) is 0 Å². The van der Waals surface area contributed by atoms with Crippen molar-refractivity contribution in [2.75, 3.05) is 4.90 Å². The maximum absolute atomic E-state index is 2.48. The minimum Gasteiger partial charge on any atom is -0.310 e. The van der Waals surface area contributed by atoms with E-state index in [0.29, 0.717) is 0 Å². The smallest absolute Gasteiger partial charge is 0.0726 e. The van der Waals surface area contributed by atoms with Crippen LogP contribution < -0.4 is 4.90 Å². The van der Waals surface area contributed by atoms with Gasteiger partial charge in [0.1, 0.15) is 0 Å². The molecule has 0 radical (unpaired) electrons. The molecule has 0 saturated heterocycles. The molecular weight excluding hydrogens is 827 g/mol. The molecule has 2 heteroatoms. The van der Waals surface area contributed by atoms with Gasteiger partial charge in [-0.3, -0.25) is 0 Å². The van der Waals surface area contributed by atoms with Crippen LogP contribution in [0.5, 0.6) is 0 Å². The van der Waals surface area contributed by atoms with Gasteiger partial charge in [-0.15, -0.1) is 11.3 Å². The third kappa shape index (κ3) is 5.54. The predicted molar refractivity (Wildman–Crippen MR) is 284 cm³/mol. The van der Waals surface area contributed by atoms with Crippen molar-refractivity contribution >= 4 is 60.0 Å². The molecule has 1 spiro atoms. The van der Waals surface area contributed by atoms with Crippen molar-refractivity contribution in [3.05, 3.63) is 271 Å². The lowest BCUT2D eigenvalue weighted by Gasteiger charge is -2.32. The van der Waals surface area contributed by atoms with E-state index in [-0.39, 0.29) is 0 Å². The fourth-order valence-corrected chi connectivity index (χ4v) is 13.1. The lowest BCUT2D eigenvalue weighted by molar-refractivity contribution is 0.793.